The first-order valence-corrected chi connectivity index (χ1v) is 9.94. The van der Waals surface area contributed by atoms with Crippen molar-refractivity contribution in [2.24, 2.45) is 11.7 Å². The van der Waals surface area contributed by atoms with Crippen LogP contribution in [-0.4, -0.2) is 81.5 Å². The fourth-order valence-electron chi connectivity index (χ4n) is 2.30. The second-order valence-electron chi connectivity index (χ2n) is 6.74. The maximum atomic E-state index is 12.6. The maximum absolute atomic E-state index is 12.6. The minimum Gasteiger partial charge on any atom is -0.481 e. The number of aliphatic hydroxyl groups excluding tert-OH is 1. The van der Waals surface area contributed by atoms with Gasteiger partial charge in [0.05, 0.1) is 12.6 Å². The Morgan fingerprint density at radius 1 is 0.967 bits per heavy atom. The lowest BCUT2D eigenvalue weighted by molar-refractivity contribution is -0.143. The summed E-state index contributed by atoms with van der Waals surface area (Å²) < 4.78 is 0. The summed E-state index contributed by atoms with van der Waals surface area (Å²) in [6.07, 6.45) is -0.373. The molecule has 0 fully saturated rings. The molecule has 172 valence electrons. The van der Waals surface area contributed by atoms with Crippen LogP contribution in [0.3, 0.4) is 0 Å². The Hall–Kier alpha value is -2.38. The normalized spacial score (nSPS) is 15.8. The third kappa shape index (κ3) is 9.41. The number of aliphatic carboxylic acids is 2. The van der Waals surface area contributed by atoms with Gasteiger partial charge in [0.15, 0.2) is 0 Å². The second kappa shape index (κ2) is 13.8. The smallest absolute Gasteiger partial charge is 0.326 e. The highest BCUT2D eigenvalue weighted by Crippen LogP contribution is 2.10. The molecular formula is C17H30N4O8S. The third-order valence-electron chi connectivity index (χ3n) is 4.40. The van der Waals surface area contributed by atoms with Crippen LogP contribution in [-0.2, 0) is 24.0 Å². The Kier molecular flexibility index (Phi) is 12.7. The van der Waals surface area contributed by atoms with E-state index in [4.69, 9.17) is 10.8 Å². The number of carbonyl (C=O) groups excluding carboxylic acids is 3. The van der Waals surface area contributed by atoms with Gasteiger partial charge in [-0.05, 0) is 12.3 Å². The zero-order chi connectivity index (χ0) is 23.4. The number of rotatable bonds is 14. The van der Waals surface area contributed by atoms with Crippen molar-refractivity contribution in [2.45, 2.75) is 57.3 Å². The van der Waals surface area contributed by atoms with E-state index < -0.39 is 72.8 Å². The molecule has 5 unspecified atom stereocenters. The summed E-state index contributed by atoms with van der Waals surface area (Å²) in [4.78, 5) is 58.9. The van der Waals surface area contributed by atoms with Gasteiger partial charge in [-0.3, -0.25) is 19.2 Å². The molecule has 0 bridgehead atoms. The number of nitrogens with two attached hydrogens (primary N) is 1. The van der Waals surface area contributed by atoms with Gasteiger partial charge in [0, 0.05) is 12.2 Å². The van der Waals surface area contributed by atoms with E-state index in [9.17, 15) is 34.2 Å². The average molecular weight is 451 g/mol. The van der Waals surface area contributed by atoms with Gasteiger partial charge < -0.3 is 37.0 Å². The molecule has 8 N–H and O–H groups in total. The van der Waals surface area contributed by atoms with Crippen LogP contribution in [0, 0.1) is 5.92 Å². The lowest BCUT2D eigenvalue weighted by Crippen LogP contribution is -2.59. The molecule has 0 saturated heterocycles. The second-order valence-corrected chi connectivity index (χ2v) is 7.10. The first-order valence-electron chi connectivity index (χ1n) is 9.31. The topological polar surface area (TPSA) is 208 Å². The Balaban J connectivity index is 5.31. The molecule has 30 heavy (non-hydrogen) atoms. The van der Waals surface area contributed by atoms with Crippen LogP contribution >= 0.6 is 12.6 Å². The number of carboxylic acids is 2. The molecule has 0 aromatic heterocycles. The van der Waals surface area contributed by atoms with E-state index in [1.165, 1.54) is 0 Å². The summed E-state index contributed by atoms with van der Waals surface area (Å²) in [7, 11) is 0. The molecule has 0 saturated carbocycles. The number of carbonyl (C=O) groups is 5. The van der Waals surface area contributed by atoms with Crippen molar-refractivity contribution in [1.82, 2.24) is 16.0 Å². The first kappa shape index (κ1) is 27.6. The van der Waals surface area contributed by atoms with Crippen molar-refractivity contribution >= 4 is 42.3 Å². The fraction of sp³-hybridized carbons (Fsp3) is 0.706. The summed E-state index contributed by atoms with van der Waals surface area (Å²) in [5, 5.41) is 34.2. The molecule has 0 radical (unpaired) electrons. The van der Waals surface area contributed by atoms with E-state index in [1.54, 1.807) is 13.8 Å². The van der Waals surface area contributed by atoms with Crippen molar-refractivity contribution < 1.29 is 39.3 Å². The molecule has 13 heteroatoms. The molecule has 0 aliphatic rings. The molecule has 0 aliphatic carbocycles. The highest BCUT2D eigenvalue weighted by Gasteiger charge is 2.32. The van der Waals surface area contributed by atoms with Crippen molar-refractivity contribution in [1.29, 1.82) is 0 Å². The number of hydrogen-bond acceptors (Lipinski definition) is 8. The molecule has 0 aliphatic heterocycles. The molecule has 0 aromatic carbocycles. The first-order chi connectivity index (χ1) is 14.0. The monoisotopic (exact) mass is 450 g/mol. The van der Waals surface area contributed by atoms with Gasteiger partial charge in [0.2, 0.25) is 17.7 Å². The van der Waals surface area contributed by atoms with Crippen LogP contribution in [0.15, 0.2) is 0 Å². The largest absolute Gasteiger partial charge is 0.481 e. The standard InChI is InChI=1S/C17H30N4O8S/c1-3-8(2)13(16(27)19-10(17(28)29)4-5-12(23)24)21-15(26)11(6-22)20-14(25)9(18)7-30/h8-11,13,22,30H,3-7,18H2,1-2H3,(H,19,27)(H,20,25)(H,21,26)(H,23,24)(H,28,29). The van der Waals surface area contributed by atoms with E-state index in [1.807, 2.05) is 0 Å². The van der Waals surface area contributed by atoms with Gasteiger partial charge in [-0.25, -0.2) is 4.79 Å². The zero-order valence-electron chi connectivity index (χ0n) is 16.8. The number of hydrogen-bond donors (Lipinski definition) is 8. The number of aliphatic hydroxyl groups is 1. The van der Waals surface area contributed by atoms with Crippen molar-refractivity contribution in [2.75, 3.05) is 12.4 Å². The summed E-state index contributed by atoms with van der Waals surface area (Å²) in [6.45, 7) is 2.62. The van der Waals surface area contributed by atoms with Crippen LogP contribution in [0.25, 0.3) is 0 Å². The number of amides is 3. The van der Waals surface area contributed by atoms with E-state index in [0.29, 0.717) is 6.42 Å². The minimum absolute atomic E-state index is 0.0103. The average Bonchev–Trinajstić information content (AvgIpc) is 2.70. The minimum atomic E-state index is -1.46. The Morgan fingerprint density at radius 3 is 1.97 bits per heavy atom. The summed E-state index contributed by atoms with van der Waals surface area (Å²) >= 11 is 3.87. The van der Waals surface area contributed by atoms with E-state index in [-0.39, 0.29) is 12.2 Å². The molecule has 0 rings (SSSR count). The SMILES string of the molecule is CCC(C)C(NC(=O)C(CO)NC(=O)C(N)CS)C(=O)NC(CCC(=O)O)C(=O)O. The summed E-state index contributed by atoms with van der Waals surface area (Å²) in [5.74, 6) is -5.47. The molecular weight excluding hydrogens is 420 g/mol. The van der Waals surface area contributed by atoms with Crippen molar-refractivity contribution in [3.05, 3.63) is 0 Å². The van der Waals surface area contributed by atoms with E-state index >= 15 is 0 Å². The van der Waals surface area contributed by atoms with Crippen LogP contribution in [0.2, 0.25) is 0 Å². The molecule has 0 aromatic rings. The van der Waals surface area contributed by atoms with Crippen LogP contribution in [0.5, 0.6) is 0 Å². The Morgan fingerprint density at radius 2 is 1.53 bits per heavy atom. The molecule has 0 spiro atoms. The Labute approximate surface area is 179 Å². The predicted molar refractivity (Wildman–Crippen MR) is 109 cm³/mol. The molecule has 5 atom stereocenters. The number of nitrogens with one attached hydrogen (secondary N) is 3. The number of thiol groups is 1. The lowest BCUT2D eigenvalue weighted by atomic mass is 9.97. The molecule has 3 amide bonds. The lowest BCUT2D eigenvalue weighted by Gasteiger charge is -2.27. The van der Waals surface area contributed by atoms with Crippen molar-refractivity contribution in [3.8, 4) is 0 Å². The highest BCUT2D eigenvalue weighted by molar-refractivity contribution is 7.80. The summed E-state index contributed by atoms with van der Waals surface area (Å²) in [6, 6.07) is -5.03. The van der Waals surface area contributed by atoms with Gasteiger partial charge in [-0.1, -0.05) is 20.3 Å². The van der Waals surface area contributed by atoms with Gasteiger partial charge >= 0.3 is 11.9 Å². The predicted octanol–water partition coefficient (Wildman–Crippen LogP) is -2.31. The van der Waals surface area contributed by atoms with E-state index in [2.05, 4.69) is 28.6 Å². The van der Waals surface area contributed by atoms with Crippen molar-refractivity contribution in [3.63, 3.8) is 0 Å². The quantitative estimate of drug-likeness (QED) is 0.133. The van der Waals surface area contributed by atoms with Crippen LogP contribution in [0.4, 0.5) is 0 Å². The Bertz CT molecular complexity index is 633. The van der Waals surface area contributed by atoms with Gasteiger partial charge in [-0.15, -0.1) is 0 Å². The zero-order valence-corrected chi connectivity index (χ0v) is 17.7. The highest BCUT2D eigenvalue weighted by atomic mass is 32.1. The molecule has 0 heterocycles. The maximum Gasteiger partial charge on any atom is 0.326 e. The fourth-order valence-corrected chi connectivity index (χ4v) is 2.46. The van der Waals surface area contributed by atoms with Crippen LogP contribution in [0.1, 0.15) is 33.1 Å². The third-order valence-corrected chi connectivity index (χ3v) is 4.80. The van der Waals surface area contributed by atoms with Gasteiger partial charge in [0.1, 0.15) is 18.1 Å². The summed E-state index contributed by atoms with van der Waals surface area (Å²) in [5.41, 5.74) is 5.51. The van der Waals surface area contributed by atoms with Gasteiger partial charge in [0.25, 0.3) is 0 Å². The molecule has 12 nitrogen and oxygen atoms in total. The van der Waals surface area contributed by atoms with Gasteiger partial charge in [-0.2, -0.15) is 12.6 Å². The number of carboxylic acid groups (broad SMARTS) is 2. The van der Waals surface area contributed by atoms with Crippen LogP contribution < -0.4 is 21.7 Å². The van der Waals surface area contributed by atoms with E-state index in [0.717, 1.165) is 0 Å².